The van der Waals surface area contributed by atoms with Crippen LogP contribution in [-0.4, -0.2) is 0 Å². The summed E-state index contributed by atoms with van der Waals surface area (Å²) in [5.74, 6) is 0.868. The number of hydrogen-bond acceptors (Lipinski definition) is 1. The van der Waals surface area contributed by atoms with Gasteiger partial charge in [0.25, 0.3) is 0 Å². The van der Waals surface area contributed by atoms with Crippen LogP contribution in [0.5, 0.6) is 0 Å². The smallest absolute Gasteiger partial charge is 0.00151 e. The molecule has 3 rings (SSSR count). The maximum Gasteiger partial charge on any atom is -0.00151 e. The second kappa shape index (κ2) is 5.39. The monoisotopic (exact) mass is 246 g/mol. The Bertz CT molecular complexity index is 393. The quantitative estimate of drug-likeness (QED) is 0.623. The summed E-state index contributed by atoms with van der Waals surface area (Å²) in [5.41, 5.74) is 4.95. The second-order valence-corrected chi connectivity index (χ2v) is 6.29. The van der Waals surface area contributed by atoms with E-state index in [4.69, 9.17) is 0 Å². The van der Waals surface area contributed by atoms with Crippen LogP contribution in [0.15, 0.2) is 16.8 Å². The molecule has 1 heterocycles. The molecule has 1 fully saturated rings. The van der Waals surface area contributed by atoms with Crippen LogP contribution in [0.25, 0.3) is 5.57 Å². The van der Waals surface area contributed by atoms with Crippen molar-refractivity contribution in [2.75, 3.05) is 0 Å². The SMILES string of the molecule is C1=C(c2cscc2C2CCCCC2)CCCC1. The van der Waals surface area contributed by atoms with Crippen molar-refractivity contribution in [3.63, 3.8) is 0 Å². The summed E-state index contributed by atoms with van der Waals surface area (Å²) in [6.45, 7) is 0. The number of rotatable bonds is 2. The van der Waals surface area contributed by atoms with Gasteiger partial charge in [-0.25, -0.2) is 0 Å². The van der Waals surface area contributed by atoms with E-state index in [0.29, 0.717) is 0 Å². The molecule has 0 aliphatic heterocycles. The molecule has 2 aliphatic carbocycles. The third-order valence-corrected chi connectivity index (χ3v) is 5.14. The summed E-state index contributed by atoms with van der Waals surface area (Å²) in [7, 11) is 0. The summed E-state index contributed by atoms with van der Waals surface area (Å²) in [6.07, 6.45) is 15.1. The largest absolute Gasteiger partial charge is 0.151 e. The Morgan fingerprint density at radius 3 is 2.59 bits per heavy atom. The van der Waals surface area contributed by atoms with Gasteiger partial charge in [0.2, 0.25) is 0 Å². The molecular formula is C16H22S. The molecule has 1 aromatic heterocycles. The molecule has 2 aliphatic rings. The van der Waals surface area contributed by atoms with Crippen LogP contribution >= 0.6 is 11.3 Å². The van der Waals surface area contributed by atoms with Crippen LogP contribution in [0.4, 0.5) is 0 Å². The summed E-state index contributed by atoms with van der Waals surface area (Å²) >= 11 is 1.91. The third kappa shape index (κ3) is 2.49. The number of hydrogen-bond donors (Lipinski definition) is 0. The Labute approximate surface area is 109 Å². The van der Waals surface area contributed by atoms with Crippen molar-refractivity contribution < 1.29 is 0 Å². The zero-order valence-corrected chi connectivity index (χ0v) is 11.4. The van der Waals surface area contributed by atoms with Gasteiger partial charge in [-0.3, -0.25) is 0 Å². The molecule has 0 spiro atoms. The minimum atomic E-state index is 0.868. The summed E-state index contributed by atoms with van der Waals surface area (Å²) in [6, 6.07) is 0. The van der Waals surface area contributed by atoms with E-state index >= 15 is 0 Å². The molecule has 1 saturated carbocycles. The Kier molecular flexibility index (Phi) is 3.65. The average molecular weight is 246 g/mol. The van der Waals surface area contributed by atoms with Crippen molar-refractivity contribution in [3.8, 4) is 0 Å². The predicted octanol–water partition coefficient (Wildman–Crippen LogP) is 5.75. The van der Waals surface area contributed by atoms with Crippen LogP contribution in [0.1, 0.15) is 74.8 Å². The standard InChI is InChI=1S/C16H22S/c1-3-7-13(8-4-1)15-11-17-12-16(15)14-9-5-2-6-10-14/h7,11-12,14H,1-6,8-10H2. The van der Waals surface area contributed by atoms with E-state index in [-0.39, 0.29) is 0 Å². The van der Waals surface area contributed by atoms with Gasteiger partial charge in [0.1, 0.15) is 0 Å². The fourth-order valence-electron chi connectivity index (χ4n) is 3.38. The number of thiophene rings is 1. The lowest BCUT2D eigenvalue weighted by molar-refractivity contribution is 0.444. The average Bonchev–Trinajstić information content (AvgIpc) is 2.90. The molecule has 0 radical (unpaired) electrons. The molecular weight excluding hydrogens is 224 g/mol. The van der Waals surface area contributed by atoms with Crippen molar-refractivity contribution in [3.05, 3.63) is 28.0 Å². The van der Waals surface area contributed by atoms with E-state index in [1.807, 2.05) is 11.3 Å². The Morgan fingerprint density at radius 1 is 0.941 bits per heavy atom. The molecule has 1 aromatic rings. The fraction of sp³-hybridized carbons (Fsp3) is 0.625. The first-order chi connectivity index (χ1) is 8.45. The van der Waals surface area contributed by atoms with Crippen molar-refractivity contribution in [1.29, 1.82) is 0 Å². The van der Waals surface area contributed by atoms with E-state index in [1.165, 1.54) is 57.8 Å². The molecule has 0 saturated heterocycles. The Balaban J connectivity index is 1.85. The molecule has 1 heteroatoms. The third-order valence-electron chi connectivity index (χ3n) is 4.37. The van der Waals surface area contributed by atoms with Gasteiger partial charge in [0, 0.05) is 0 Å². The summed E-state index contributed by atoms with van der Waals surface area (Å²) in [5, 5.41) is 4.84. The van der Waals surface area contributed by atoms with Gasteiger partial charge in [-0.15, -0.1) is 0 Å². The first kappa shape index (κ1) is 11.5. The van der Waals surface area contributed by atoms with Crippen molar-refractivity contribution >= 4 is 16.9 Å². The van der Waals surface area contributed by atoms with E-state index in [0.717, 1.165) is 5.92 Å². The van der Waals surface area contributed by atoms with Gasteiger partial charge < -0.3 is 0 Å². The summed E-state index contributed by atoms with van der Waals surface area (Å²) < 4.78 is 0. The van der Waals surface area contributed by atoms with Crippen LogP contribution in [0.3, 0.4) is 0 Å². The lowest BCUT2D eigenvalue weighted by atomic mass is 9.81. The van der Waals surface area contributed by atoms with E-state index < -0.39 is 0 Å². The first-order valence-corrected chi connectivity index (χ1v) is 8.15. The van der Waals surface area contributed by atoms with Crippen molar-refractivity contribution in [2.24, 2.45) is 0 Å². The number of allylic oxidation sites excluding steroid dienone is 2. The molecule has 0 nitrogen and oxygen atoms in total. The maximum atomic E-state index is 2.50. The molecule has 0 bridgehead atoms. The lowest BCUT2D eigenvalue weighted by Gasteiger charge is -2.23. The van der Waals surface area contributed by atoms with E-state index in [2.05, 4.69) is 16.8 Å². The van der Waals surface area contributed by atoms with Crippen molar-refractivity contribution in [1.82, 2.24) is 0 Å². The normalized spacial score (nSPS) is 22.5. The van der Waals surface area contributed by atoms with Crippen LogP contribution in [-0.2, 0) is 0 Å². The van der Waals surface area contributed by atoms with Gasteiger partial charge in [0.15, 0.2) is 0 Å². The maximum absolute atomic E-state index is 2.50. The lowest BCUT2D eigenvalue weighted by Crippen LogP contribution is -2.06. The van der Waals surface area contributed by atoms with Gasteiger partial charge in [-0.2, -0.15) is 11.3 Å². The predicted molar refractivity (Wildman–Crippen MR) is 76.6 cm³/mol. The van der Waals surface area contributed by atoms with Gasteiger partial charge in [-0.1, -0.05) is 25.3 Å². The van der Waals surface area contributed by atoms with Gasteiger partial charge >= 0.3 is 0 Å². The zero-order valence-electron chi connectivity index (χ0n) is 10.6. The Morgan fingerprint density at radius 2 is 1.82 bits per heavy atom. The minimum Gasteiger partial charge on any atom is -0.151 e. The Hall–Kier alpha value is -0.560. The molecule has 0 N–H and O–H groups in total. The second-order valence-electron chi connectivity index (χ2n) is 5.55. The summed E-state index contributed by atoms with van der Waals surface area (Å²) in [4.78, 5) is 0. The molecule has 0 amide bonds. The first-order valence-electron chi connectivity index (χ1n) is 7.20. The topological polar surface area (TPSA) is 0 Å². The highest BCUT2D eigenvalue weighted by Gasteiger charge is 2.21. The zero-order chi connectivity index (χ0) is 11.5. The minimum absolute atomic E-state index is 0.868. The molecule has 0 unspecified atom stereocenters. The molecule has 17 heavy (non-hydrogen) atoms. The van der Waals surface area contributed by atoms with E-state index in [9.17, 15) is 0 Å². The van der Waals surface area contributed by atoms with Crippen LogP contribution in [0.2, 0.25) is 0 Å². The van der Waals surface area contributed by atoms with Gasteiger partial charge in [0.05, 0.1) is 0 Å². The van der Waals surface area contributed by atoms with Crippen LogP contribution in [0, 0.1) is 0 Å². The van der Waals surface area contributed by atoms with Crippen LogP contribution < -0.4 is 0 Å². The van der Waals surface area contributed by atoms with Gasteiger partial charge in [-0.05, 0) is 71.9 Å². The highest BCUT2D eigenvalue weighted by molar-refractivity contribution is 7.08. The van der Waals surface area contributed by atoms with E-state index in [1.54, 1.807) is 16.7 Å². The molecule has 0 atom stereocenters. The molecule has 0 aromatic carbocycles. The highest BCUT2D eigenvalue weighted by Crippen LogP contribution is 2.40. The van der Waals surface area contributed by atoms with Crippen molar-refractivity contribution in [2.45, 2.75) is 63.7 Å². The fourth-order valence-corrected chi connectivity index (χ4v) is 4.34. The molecule has 92 valence electrons. The highest BCUT2D eigenvalue weighted by atomic mass is 32.1.